The zero-order valence-electron chi connectivity index (χ0n) is 11.8. The molecule has 0 spiro atoms. The van der Waals surface area contributed by atoms with Gasteiger partial charge in [-0.3, -0.25) is 4.68 Å². The van der Waals surface area contributed by atoms with Crippen LogP contribution in [0.25, 0.3) is 0 Å². The molecule has 0 bridgehead atoms. The van der Waals surface area contributed by atoms with Crippen molar-refractivity contribution in [3.63, 3.8) is 0 Å². The maximum absolute atomic E-state index is 6.37. The number of aryl methyl sites for hydroxylation is 2. The Kier molecular flexibility index (Phi) is 6.68. The van der Waals surface area contributed by atoms with Crippen LogP contribution in [0.4, 0.5) is 0 Å². The molecule has 0 aliphatic carbocycles. The van der Waals surface area contributed by atoms with Crippen LogP contribution in [0.3, 0.4) is 0 Å². The number of rotatable bonds is 8. The molecule has 1 heterocycles. The quantitative estimate of drug-likeness (QED) is 0.789. The second kappa shape index (κ2) is 7.77. The Morgan fingerprint density at radius 1 is 1.44 bits per heavy atom. The molecule has 0 fully saturated rings. The van der Waals surface area contributed by atoms with Crippen LogP contribution < -0.4 is 5.32 Å². The molecule has 1 unspecified atom stereocenters. The highest BCUT2D eigenvalue weighted by molar-refractivity contribution is 6.31. The molecule has 1 rings (SSSR count). The van der Waals surface area contributed by atoms with Gasteiger partial charge in [0.05, 0.1) is 16.4 Å². The summed E-state index contributed by atoms with van der Waals surface area (Å²) >= 11 is 6.37. The lowest BCUT2D eigenvalue weighted by molar-refractivity contribution is 0.182. The van der Waals surface area contributed by atoms with Crippen molar-refractivity contribution >= 4 is 11.6 Å². The summed E-state index contributed by atoms with van der Waals surface area (Å²) in [5.41, 5.74) is 2.09. The molecule has 18 heavy (non-hydrogen) atoms. The molecule has 4 nitrogen and oxygen atoms in total. The molecular weight excluding hydrogens is 250 g/mol. The Labute approximate surface area is 115 Å². The van der Waals surface area contributed by atoms with Gasteiger partial charge >= 0.3 is 0 Å². The van der Waals surface area contributed by atoms with Crippen molar-refractivity contribution in [3.8, 4) is 0 Å². The van der Waals surface area contributed by atoms with Crippen LogP contribution in [0.2, 0.25) is 5.02 Å². The van der Waals surface area contributed by atoms with Gasteiger partial charge in [0.15, 0.2) is 0 Å². The molecule has 104 valence electrons. The van der Waals surface area contributed by atoms with Crippen molar-refractivity contribution in [2.75, 3.05) is 20.3 Å². The van der Waals surface area contributed by atoms with E-state index in [0.29, 0.717) is 6.04 Å². The molecule has 5 heteroatoms. The van der Waals surface area contributed by atoms with Crippen LogP contribution in [0.1, 0.15) is 31.7 Å². The van der Waals surface area contributed by atoms with Gasteiger partial charge in [0.25, 0.3) is 0 Å². The largest absolute Gasteiger partial charge is 0.385 e. The average Bonchev–Trinajstić information content (AvgIpc) is 2.63. The summed E-state index contributed by atoms with van der Waals surface area (Å²) in [7, 11) is 3.69. The summed E-state index contributed by atoms with van der Waals surface area (Å²) in [6.07, 6.45) is 2.74. The molecule has 1 N–H and O–H groups in total. The smallest absolute Gasteiger partial charge is 0.0850 e. The van der Waals surface area contributed by atoms with E-state index in [4.69, 9.17) is 16.3 Å². The molecule has 0 radical (unpaired) electrons. The first-order chi connectivity index (χ1) is 8.63. The van der Waals surface area contributed by atoms with Gasteiger partial charge in [0.1, 0.15) is 0 Å². The van der Waals surface area contributed by atoms with Crippen molar-refractivity contribution in [3.05, 3.63) is 16.4 Å². The second-order valence-corrected chi connectivity index (χ2v) is 4.80. The van der Waals surface area contributed by atoms with Crippen molar-refractivity contribution in [1.82, 2.24) is 15.1 Å². The fraction of sp³-hybridized carbons (Fsp3) is 0.769. The first-order valence-electron chi connectivity index (χ1n) is 6.56. The minimum atomic E-state index is 0.382. The zero-order chi connectivity index (χ0) is 13.5. The molecule has 0 amide bonds. The van der Waals surface area contributed by atoms with Crippen LogP contribution >= 0.6 is 11.6 Å². The summed E-state index contributed by atoms with van der Waals surface area (Å²) in [6, 6.07) is 0.382. The number of hydrogen-bond acceptors (Lipinski definition) is 3. The third kappa shape index (κ3) is 3.97. The van der Waals surface area contributed by atoms with E-state index in [1.54, 1.807) is 7.11 Å². The number of likely N-dealkylation sites (N-methyl/N-ethyl adjacent to an activating group) is 1. The number of nitrogens with one attached hydrogen (secondary N) is 1. The van der Waals surface area contributed by atoms with Gasteiger partial charge in [-0.25, -0.2) is 0 Å². The SMILES string of the molecule is CCNC(CCOC)Cc1c(Cl)c(CC)nn1C. The van der Waals surface area contributed by atoms with E-state index >= 15 is 0 Å². The Morgan fingerprint density at radius 3 is 2.67 bits per heavy atom. The standard InChI is InChI=1S/C13H24ClN3O/c1-5-11-13(14)12(17(3)16-11)9-10(15-6-2)7-8-18-4/h10,15H,5-9H2,1-4H3. The zero-order valence-corrected chi connectivity index (χ0v) is 12.5. The molecule has 1 atom stereocenters. The Bertz CT molecular complexity index is 365. The molecule has 0 aliphatic heterocycles. The van der Waals surface area contributed by atoms with Crippen molar-refractivity contribution in [2.24, 2.45) is 7.05 Å². The monoisotopic (exact) mass is 273 g/mol. The van der Waals surface area contributed by atoms with Gasteiger partial charge in [-0.15, -0.1) is 0 Å². The normalized spacial score (nSPS) is 12.9. The number of hydrogen-bond donors (Lipinski definition) is 1. The topological polar surface area (TPSA) is 39.1 Å². The second-order valence-electron chi connectivity index (χ2n) is 4.42. The summed E-state index contributed by atoms with van der Waals surface area (Å²) < 4.78 is 7.05. The lowest BCUT2D eigenvalue weighted by Gasteiger charge is -2.17. The van der Waals surface area contributed by atoms with E-state index in [2.05, 4.69) is 24.3 Å². The van der Waals surface area contributed by atoms with E-state index in [9.17, 15) is 0 Å². The number of halogens is 1. The minimum Gasteiger partial charge on any atom is -0.385 e. The van der Waals surface area contributed by atoms with E-state index in [0.717, 1.165) is 48.8 Å². The fourth-order valence-corrected chi connectivity index (χ4v) is 2.47. The van der Waals surface area contributed by atoms with Crippen LogP contribution in [0.5, 0.6) is 0 Å². The molecular formula is C13H24ClN3O. The van der Waals surface area contributed by atoms with E-state index in [1.165, 1.54) is 0 Å². The Balaban J connectivity index is 2.76. The molecule has 0 saturated carbocycles. The highest BCUT2D eigenvalue weighted by atomic mass is 35.5. The van der Waals surface area contributed by atoms with Gasteiger partial charge in [-0.05, 0) is 19.4 Å². The van der Waals surface area contributed by atoms with Crippen LogP contribution in [-0.4, -0.2) is 36.1 Å². The fourth-order valence-electron chi connectivity index (χ4n) is 2.10. The Hall–Kier alpha value is -0.580. The number of aromatic nitrogens is 2. The summed E-state index contributed by atoms with van der Waals surface area (Å²) in [5.74, 6) is 0. The van der Waals surface area contributed by atoms with Gasteiger partial charge < -0.3 is 10.1 Å². The predicted molar refractivity (Wildman–Crippen MR) is 75.3 cm³/mol. The van der Waals surface area contributed by atoms with E-state index < -0.39 is 0 Å². The van der Waals surface area contributed by atoms with E-state index in [-0.39, 0.29) is 0 Å². The third-order valence-corrected chi connectivity index (χ3v) is 3.54. The average molecular weight is 274 g/mol. The van der Waals surface area contributed by atoms with Crippen molar-refractivity contribution in [2.45, 2.75) is 39.2 Å². The third-order valence-electron chi connectivity index (χ3n) is 3.11. The lowest BCUT2D eigenvalue weighted by Crippen LogP contribution is -2.32. The van der Waals surface area contributed by atoms with Gasteiger partial charge in [-0.2, -0.15) is 5.10 Å². The molecule has 0 aromatic carbocycles. The summed E-state index contributed by atoms with van der Waals surface area (Å²) in [4.78, 5) is 0. The lowest BCUT2D eigenvalue weighted by atomic mass is 10.1. The van der Waals surface area contributed by atoms with Crippen LogP contribution in [0.15, 0.2) is 0 Å². The highest BCUT2D eigenvalue weighted by Crippen LogP contribution is 2.22. The number of nitrogens with zero attached hydrogens (tertiary/aromatic N) is 2. The minimum absolute atomic E-state index is 0.382. The van der Waals surface area contributed by atoms with Crippen LogP contribution in [-0.2, 0) is 24.6 Å². The van der Waals surface area contributed by atoms with E-state index in [1.807, 2.05) is 11.7 Å². The first-order valence-corrected chi connectivity index (χ1v) is 6.94. The molecule has 1 aromatic rings. The summed E-state index contributed by atoms with van der Waals surface area (Å²) in [6.45, 7) is 5.89. The highest BCUT2D eigenvalue weighted by Gasteiger charge is 2.17. The molecule has 1 aromatic heterocycles. The van der Waals surface area contributed by atoms with Crippen molar-refractivity contribution in [1.29, 1.82) is 0 Å². The van der Waals surface area contributed by atoms with Crippen LogP contribution in [0, 0.1) is 0 Å². The maximum Gasteiger partial charge on any atom is 0.0850 e. The Morgan fingerprint density at radius 2 is 2.17 bits per heavy atom. The van der Waals surface area contributed by atoms with Gasteiger partial charge in [0, 0.05) is 33.2 Å². The predicted octanol–water partition coefficient (Wildman–Crippen LogP) is 2.19. The number of methoxy groups -OCH3 is 1. The summed E-state index contributed by atoms with van der Waals surface area (Å²) in [5, 5.41) is 8.74. The van der Waals surface area contributed by atoms with Gasteiger partial charge in [-0.1, -0.05) is 25.4 Å². The van der Waals surface area contributed by atoms with Crippen molar-refractivity contribution < 1.29 is 4.74 Å². The molecule has 0 aliphatic rings. The van der Waals surface area contributed by atoms with Gasteiger partial charge in [0.2, 0.25) is 0 Å². The molecule has 0 saturated heterocycles. The first kappa shape index (κ1) is 15.5. The maximum atomic E-state index is 6.37. The number of ether oxygens (including phenoxy) is 1.